The summed E-state index contributed by atoms with van der Waals surface area (Å²) in [5.74, 6) is 0.317. The highest BCUT2D eigenvalue weighted by Gasteiger charge is 2.61. The van der Waals surface area contributed by atoms with E-state index in [2.05, 4.69) is 5.32 Å². The number of carbonyl (C=O) groups excluding carboxylic acids is 3. The highest BCUT2D eigenvalue weighted by atomic mass is 16.2. The third kappa shape index (κ3) is 3.36. The van der Waals surface area contributed by atoms with E-state index in [-0.39, 0.29) is 35.2 Å². The van der Waals surface area contributed by atoms with Gasteiger partial charge in [0.25, 0.3) is 0 Å². The molecule has 29 heavy (non-hydrogen) atoms. The van der Waals surface area contributed by atoms with Crippen molar-refractivity contribution in [3.63, 3.8) is 0 Å². The summed E-state index contributed by atoms with van der Waals surface area (Å²) in [6.07, 6.45) is 1.55. The number of hydrogen-bond donors (Lipinski definition) is 1. The zero-order valence-electron chi connectivity index (χ0n) is 17.3. The number of likely N-dealkylation sites (tertiary alicyclic amines) is 3. The lowest BCUT2D eigenvalue weighted by Gasteiger charge is -2.47. The van der Waals surface area contributed by atoms with E-state index in [9.17, 15) is 14.4 Å². The van der Waals surface area contributed by atoms with Gasteiger partial charge in [0.1, 0.15) is 0 Å². The second-order valence-electron chi connectivity index (χ2n) is 8.45. The summed E-state index contributed by atoms with van der Waals surface area (Å²) >= 11 is 0. The maximum absolute atomic E-state index is 13.0. The maximum atomic E-state index is 13.0. The van der Waals surface area contributed by atoms with E-state index in [4.69, 9.17) is 0 Å². The number of nitrogens with zero attached hydrogens (tertiary/aromatic N) is 3. The minimum absolute atomic E-state index is 0.0446. The molecule has 1 aromatic rings. The van der Waals surface area contributed by atoms with E-state index in [0.29, 0.717) is 39.3 Å². The van der Waals surface area contributed by atoms with E-state index in [1.807, 2.05) is 52.0 Å². The van der Waals surface area contributed by atoms with Crippen molar-refractivity contribution in [2.75, 3.05) is 32.7 Å². The molecule has 0 bridgehead atoms. The van der Waals surface area contributed by atoms with Crippen LogP contribution in [-0.4, -0.2) is 70.8 Å². The molecule has 3 fully saturated rings. The summed E-state index contributed by atoms with van der Waals surface area (Å²) < 4.78 is 0. The Bertz CT molecular complexity index is 789. The van der Waals surface area contributed by atoms with Crippen LogP contribution < -0.4 is 5.32 Å². The Balaban J connectivity index is 1.42. The van der Waals surface area contributed by atoms with Gasteiger partial charge in [0, 0.05) is 52.1 Å². The molecule has 0 aromatic heterocycles. The van der Waals surface area contributed by atoms with E-state index in [0.717, 1.165) is 18.4 Å². The van der Waals surface area contributed by atoms with Gasteiger partial charge in [-0.3, -0.25) is 9.59 Å². The normalized spacial score (nSPS) is 25.4. The first-order valence-corrected chi connectivity index (χ1v) is 10.6. The second kappa shape index (κ2) is 7.69. The molecule has 1 N–H and O–H groups in total. The standard InChI is InChI=1S/C22H30N4O3/c1-3-26-20(28)18-14-25(16(2)27)15-19(18)22(26)9-11-24(12-10-22)21(29)23-13-17-7-5-4-6-8-17/h4-8,18-19H,3,9-15H2,1-2H3,(H,23,29)/t18-,19+/m0/s1. The Kier molecular flexibility index (Phi) is 5.23. The summed E-state index contributed by atoms with van der Waals surface area (Å²) in [5, 5.41) is 3.00. The molecule has 0 unspecified atom stereocenters. The molecule has 3 heterocycles. The van der Waals surface area contributed by atoms with Gasteiger partial charge in [-0.05, 0) is 25.3 Å². The van der Waals surface area contributed by atoms with Gasteiger partial charge in [0.05, 0.1) is 11.5 Å². The van der Waals surface area contributed by atoms with Crippen LogP contribution in [0.2, 0.25) is 0 Å². The third-order valence-electron chi connectivity index (χ3n) is 7.10. The number of piperidine rings is 1. The molecule has 1 aromatic carbocycles. The zero-order chi connectivity index (χ0) is 20.6. The average molecular weight is 399 g/mol. The predicted octanol–water partition coefficient (Wildman–Crippen LogP) is 1.69. The highest BCUT2D eigenvalue weighted by Crippen LogP contribution is 2.49. The van der Waals surface area contributed by atoms with Gasteiger partial charge in [0.15, 0.2) is 0 Å². The van der Waals surface area contributed by atoms with E-state index in [1.54, 1.807) is 6.92 Å². The molecule has 3 aliphatic heterocycles. The lowest BCUT2D eigenvalue weighted by Crippen LogP contribution is -2.58. The Labute approximate surface area is 172 Å². The van der Waals surface area contributed by atoms with Gasteiger partial charge in [-0.2, -0.15) is 0 Å². The number of nitrogens with one attached hydrogen (secondary N) is 1. The number of benzene rings is 1. The first-order valence-electron chi connectivity index (χ1n) is 10.6. The molecule has 4 amide bonds. The largest absolute Gasteiger partial charge is 0.342 e. The fourth-order valence-electron chi connectivity index (χ4n) is 5.57. The number of urea groups is 1. The van der Waals surface area contributed by atoms with Gasteiger partial charge in [-0.15, -0.1) is 0 Å². The lowest BCUT2D eigenvalue weighted by atomic mass is 9.75. The van der Waals surface area contributed by atoms with Crippen molar-refractivity contribution in [1.29, 1.82) is 0 Å². The second-order valence-corrected chi connectivity index (χ2v) is 8.45. The molecule has 0 saturated carbocycles. The van der Waals surface area contributed by atoms with Crippen LogP contribution in [0.4, 0.5) is 4.79 Å². The fourth-order valence-corrected chi connectivity index (χ4v) is 5.57. The number of hydrogen-bond acceptors (Lipinski definition) is 3. The van der Waals surface area contributed by atoms with Gasteiger partial charge in [-0.25, -0.2) is 4.79 Å². The first kappa shape index (κ1) is 19.7. The summed E-state index contributed by atoms with van der Waals surface area (Å²) in [7, 11) is 0. The first-order chi connectivity index (χ1) is 14.0. The zero-order valence-corrected chi connectivity index (χ0v) is 17.3. The summed E-state index contributed by atoms with van der Waals surface area (Å²) in [6.45, 7) is 7.27. The lowest BCUT2D eigenvalue weighted by molar-refractivity contribution is -0.136. The Morgan fingerprint density at radius 1 is 1.10 bits per heavy atom. The molecule has 4 rings (SSSR count). The fraction of sp³-hybridized carbons (Fsp3) is 0.591. The molecule has 2 atom stereocenters. The van der Waals surface area contributed by atoms with Crippen LogP contribution in [0.25, 0.3) is 0 Å². The molecular formula is C22H30N4O3. The van der Waals surface area contributed by atoms with Crippen LogP contribution in [0.3, 0.4) is 0 Å². The Hall–Kier alpha value is -2.57. The third-order valence-corrected chi connectivity index (χ3v) is 7.10. The topological polar surface area (TPSA) is 73.0 Å². The quantitative estimate of drug-likeness (QED) is 0.842. The van der Waals surface area contributed by atoms with Gasteiger partial charge in [0.2, 0.25) is 11.8 Å². The van der Waals surface area contributed by atoms with Crippen LogP contribution in [0.15, 0.2) is 30.3 Å². The summed E-state index contributed by atoms with van der Waals surface area (Å²) in [4.78, 5) is 43.3. The van der Waals surface area contributed by atoms with Crippen molar-refractivity contribution >= 4 is 17.8 Å². The van der Waals surface area contributed by atoms with Gasteiger partial charge in [-0.1, -0.05) is 30.3 Å². The number of fused-ring (bicyclic) bond motifs is 2. The number of carbonyl (C=O) groups is 3. The van der Waals surface area contributed by atoms with Crippen LogP contribution in [0.5, 0.6) is 0 Å². The maximum Gasteiger partial charge on any atom is 0.317 e. The minimum atomic E-state index is -0.225. The predicted molar refractivity (Wildman–Crippen MR) is 109 cm³/mol. The van der Waals surface area contributed by atoms with Gasteiger partial charge < -0.3 is 20.0 Å². The molecule has 3 saturated heterocycles. The van der Waals surface area contributed by atoms with Crippen LogP contribution in [0, 0.1) is 11.8 Å². The van der Waals surface area contributed by atoms with E-state index < -0.39 is 0 Å². The monoisotopic (exact) mass is 398 g/mol. The van der Waals surface area contributed by atoms with Gasteiger partial charge >= 0.3 is 6.03 Å². The number of rotatable bonds is 3. The summed E-state index contributed by atoms with van der Waals surface area (Å²) in [5.41, 5.74) is 0.850. The SMILES string of the molecule is CCN1C(=O)[C@H]2CN(C(C)=O)C[C@H]2C12CCN(C(=O)NCc1ccccc1)CC2. The molecule has 7 heteroatoms. The van der Waals surface area contributed by atoms with Crippen molar-refractivity contribution in [2.24, 2.45) is 11.8 Å². The van der Waals surface area contributed by atoms with Crippen LogP contribution in [0.1, 0.15) is 32.3 Å². The molecule has 0 aliphatic carbocycles. The average Bonchev–Trinajstić information content (AvgIpc) is 3.27. The van der Waals surface area contributed by atoms with E-state index in [1.165, 1.54) is 0 Å². The smallest absolute Gasteiger partial charge is 0.317 e. The Morgan fingerprint density at radius 2 is 1.79 bits per heavy atom. The van der Waals surface area contributed by atoms with Crippen molar-refractivity contribution in [1.82, 2.24) is 20.0 Å². The minimum Gasteiger partial charge on any atom is -0.342 e. The van der Waals surface area contributed by atoms with Crippen LogP contribution >= 0.6 is 0 Å². The summed E-state index contributed by atoms with van der Waals surface area (Å²) in [6, 6.07) is 9.83. The molecule has 0 radical (unpaired) electrons. The van der Waals surface area contributed by atoms with Crippen molar-refractivity contribution in [3.8, 4) is 0 Å². The van der Waals surface area contributed by atoms with Crippen molar-refractivity contribution < 1.29 is 14.4 Å². The van der Waals surface area contributed by atoms with Crippen molar-refractivity contribution in [2.45, 2.75) is 38.8 Å². The molecule has 3 aliphatic rings. The molecular weight excluding hydrogens is 368 g/mol. The Morgan fingerprint density at radius 3 is 2.41 bits per heavy atom. The van der Waals surface area contributed by atoms with Crippen LogP contribution in [-0.2, 0) is 16.1 Å². The van der Waals surface area contributed by atoms with Crippen molar-refractivity contribution in [3.05, 3.63) is 35.9 Å². The number of amides is 4. The molecule has 7 nitrogen and oxygen atoms in total. The molecule has 156 valence electrons. The highest BCUT2D eigenvalue weighted by molar-refractivity contribution is 5.85. The van der Waals surface area contributed by atoms with E-state index >= 15 is 0 Å². The molecule has 1 spiro atoms.